The number of aromatic nitrogens is 1. The maximum absolute atomic E-state index is 13.2. The molecule has 0 saturated heterocycles. The molecule has 0 unspecified atom stereocenters. The Hall–Kier alpha value is -2.62. The van der Waals surface area contributed by atoms with Gasteiger partial charge in [-0.25, -0.2) is 4.39 Å². The van der Waals surface area contributed by atoms with Gasteiger partial charge in [0.1, 0.15) is 11.5 Å². The first kappa shape index (κ1) is 14.3. The monoisotopic (exact) mass is 296 g/mol. The number of halogens is 1. The van der Waals surface area contributed by atoms with E-state index in [1.165, 1.54) is 12.1 Å². The van der Waals surface area contributed by atoms with Crippen molar-refractivity contribution in [3.05, 3.63) is 65.6 Å². The minimum Gasteiger partial charge on any atom is -0.350 e. The quantitative estimate of drug-likeness (QED) is 0.724. The molecule has 1 amide bonds. The molecule has 0 bridgehead atoms. The van der Waals surface area contributed by atoms with Gasteiger partial charge in [-0.15, -0.1) is 0 Å². The number of nitrogens with one attached hydrogen (secondary N) is 2. The smallest absolute Gasteiger partial charge is 0.272 e. The van der Waals surface area contributed by atoms with Gasteiger partial charge < -0.3 is 10.3 Å². The summed E-state index contributed by atoms with van der Waals surface area (Å²) in [5.41, 5.74) is 2.91. The van der Waals surface area contributed by atoms with Gasteiger partial charge in [-0.2, -0.15) is 0 Å². The number of carbonyl (C=O) groups excluding carboxylic acids is 1. The van der Waals surface area contributed by atoms with Crippen LogP contribution in [0, 0.1) is 5.82 Å². The van der Waals surface area contributed by atoms with Gasteiger partial charge in [-0.05, 0) is 41.8 Å². The molecule has 0 aliphatic rings. The summed E-state index contributed by atoms with van der Waals surface area (Å²) in [7, 11) is 0. The van der Waals surface area contributed by atoms with E-state index >= 15 is 0 Å². The Balaban J connectivity index is 1.90. The van der Waals surface area contributed by atoms with Crippen molar-refractivity contribution in [1.29, 1.82) is 0 Å². The van der Waals surface area contributed by atoms with Crippen LogP contribution in [-0.2, 0) is 0 Å². The van der Waals surface area contributed by atoms with Crippen LogP contribution in [0.5, 0.6) is 0 Å². The van der Waals surface area contributed by atoms with E-state index < -0.39 is 0 Å². The first-order valence-corrected chi connectivity index (χ1v) is 7.23. The van der Waals surface area contributed by atoms with E-state index in [1.54, 1.807) is 12.1 Å². The lowest BCUT2D eigenvalue weighted by Gasteiger charge is -2.13. The highest BCUT2D eigenvalue weighted by Crippen LogP contribution is 2.24. The van der Waals surface area contributed by atoms with Gasteiger partial charge in [0, 0.05) is 16.6 Å². The fourth-order valence-corrected chi connectivity index (χ4v) is 2.53. The molecule has 0 aliphatic heterocycles. The zero-order chi connectivity index (χ0) is 15.7. The average Bonchev–Trinajstić information content (AvgIpc) is 2.90. The molecule has 3 aromatic rings. The topological polar surface area (TPSA) is 44.9 Å². The van der Waals surface area contributed by atoms with E-state index in [9.17, 15) is 9.18 Å². The molecule has 1 heterocycles. The van der Waals surface area contributed by atoms with E-state index in [2.05, 4.69) is 24.1 Å². The van der Waals surface area contributed by atoms with Crippen molar-refractivity contribution in [3.63, 3.8) is 0 Å². The lowest BCUT2D eigenvalue weighted by molar-refractivity contribution is 0.102. The molecular weight excluding hydrogens is 279 g/mol. The van der Waals surface area contributed by atoms with Gasteiger partial charge in [0.15, 0.2) is 0 Å². The highest BCUT2D eigenvalue weighted by Gasteiger charge is 2.13. The van der Waals surface area contributed by atoms with Crippen LogP contribution in [0.25, 0.3) is 10.9 Å². The first-order chi connectivity index (χ1) is 10.5. The number of benzene rings is 2. The maximum Gasteiger partial charge on any atom is 0.272 e. The van der Waals surface area contributed by atoms with Crippen molar-refractivity contribution in [3.8, 4) is 0 Å². The summed E-state index contributed by atoms with van der Waals surface area (Å²) in [6.45, 7) is 4.16. The van der Waals surface area contributed by atoms with Crippen molar-refractivity contribution in [2.75, 3.05) is 5.32 Å². The van der Waals surface area contributed by atoms with Gasteiger partial charge in [0.25, 0.3) is 5.91 Å². The molecule has 0 fully saturated rings. The zero-order valence-electron chi connectivity index (χ0n) is 12.5. The summed E-state index contributed by atoms with van der Waals surface area (Å²) in [4.78, 5) is 15.4. The minimum absolute atomic E-state index is 0.232. The fourth-order valence-electron chi connectivity index (χ4n) is 2.53. The summed E-state index contributed by atoms with van der Waals surface area (Å²) in [5, 5.41) is 3.73. The summed E-state index contributed by atoms with van der Waals surface area (Å²) < 4.78 is 13.2. The third kappa shape index (κ3) is 2.72. The van der Waals surface area contributed by atoms with Crippen LogP contribution in [0.2, 0.25) is 0 Å². The number of amides is 1. The van der Waals surface area contributed by atoms with Crippen LogP contribution in [0.3, 0.4) is 0 Å². The van der Waals surface area contributed by atoms with Gasteiger partial charge in [-0.3, -0.25) is 4.79 Å². The van der Waals surface area contributed by atoms with Gasteiger partial charge in [0.2, 0.25) is 0 Å². The predicted molar refractivity (Wildman–Crippen MR) is 86.7 cm³/mol. The largest absolute Gasteiger partial charge is 0.350 e. The summed E-state index contributed by atoms with van der Waals surface area (Å²) in [5.74, 6) is -0.246. The molecule has 22 heavy (non-hydrogen) atoms. The highest BCUT2D eigenvalue weighted by atomic mass is 19.1. The fraction of sp³-hybridized carbons (Fsp3) is 0.167. The van der Waals surface area contributed by atoms with Crippen LogP contribution >= 0.6 is 0 Å². The lowest BCUT2D eigenvalue weighted by Crippen LogP contribution is -2.13. The Morgan fingerprint density at radius 1 is 1.14 bits per heavy atom. The number of fused-ring (bicyclic) bond motifs is 1. The van der Waals surface area contributed by atoms with Crippen LogP contribution in [0.1, 0.15) is 35.8 Å². The van der Waals surface area contributed by atoms with E-state index in [0.29, 0.717) is 17.1 Å². The second kappa shape index (κ2) is 5.64. The maximum atomic E-state index is 13.2. The Bertz CT molecular complexity index is 836. The van der Waals surface area contributed by atoms with Crippen LogP contribution in [0.15, 0.2) is 48.5 Å². The molecule has 4 heteroatoms. The highest BCUT2D eigenvalue weighted by molar-refractivity contribution is 6.06. The molecule has 2 aromatic carbocycles. The van der Waals surface area contributed by atoms with Crippen molar-refractivity contribution in [2.45, 2.75) is 19.8 Å². The Labute approximate surface area is 128 Å². The number of carbonyl (C=O) groups is 1. The lowest BCUT2D eigenvalue weighted by atomic mass is 10.0. The van der Waals surface area contributed by atoms with E-state index in [-0.39, 0.29) is 11.7 Å². The summed E-state index contributed by atoms with van der Waals surface area (Å²) >= 11 is 0. The third-order valence-corrected chi connectivity index (χ3v) is 3.66. The van der Waals surface area contributed by atoms with E-state index in [1.807, 2.05) is 24.3 Å². The second-order valence-electron chi connectivity index (χ2n) is 5.61. The SMILES string of the molecule is CC(C)c1ccccc1NC(=O)c1cc2ccc(F)cc2[nH]1. The number of hydrogen-bond acceptors (Lipinski definition) is 1. The van der Waals surface area contributed by atoms with Crippen LogP contribution in [0.4, 0.5) is 10.1 Å². The molecule has 3 rings (SSSR count). The van der Waals surface area contributed by atoms with Crippen molar-refractivity contribution >= 4 is 22.5 Å². The standard InChI is InChI=1S/C18H17FN2O/c1-11(2)14-5-3-4-6-15(14)21-18(22)17-9-12-7-8-13(19)10-16(12)20-17/h3-11,20H,1-2H3,(H,21,22). The number of hydrogen-bond donors (Lipinski definition) is 2. The Kier molecular flexibility index (Phi) is 3.67. The van der Waals surface area contributed by atoms with E-state index in [0.717, 1.165) is 16.6 Å². The number of para-hydroxylation sites is 1. The molecule has 112 valence electrons. The van der Waals surface area contributed by atoms with Gasteiger partial charge in [-0.1, -0.05) is 32.0 Å². The van der Waals surface area contributed by atoms with E-state index in [4.69, 9.17) is 0 Å². The third-order valence-electron chi connectivity index (χ3n) is 3.66. The summed E-state index contributed by atoms with van der Waals surface area (Å²) in [6, 6.07) is 13.9. The van der Waals surface area contributed by atoms with Crippen LogP contribution in [-0.4, -0.2) is 10.9 Å². The van der Waals surface area contributed by atoms with Gasteiger partial charge >= 0.3 is 0 Å². The van der Waals surface area contributed by atoms with Crippen LogP contribution < -0.4 is 5.32 Å². The summed E-state index contributed by atoms with van der Waals surface area (Å²) in [6.07, 6.45) is 0. The molecule has 0 atom stereocenters. The number of H-pyrrole nitrogens is 1. The molecule has 0 spiro atoms. The number of rotatable bonds is 3. The minimum atomic E-state index is -0.327. The second-order valence-corrected chi connectivity index (χ2v) is 5.61. The van der Waals surface area contributed by atoms with Gasteiger partial charge in [0.05, 0.1) is 0 Å². The molecule has 0 saturated carbocycles. The molecular formula is C18H17FN2O. The van der Waals surface area contributed by atoms with Crippen molar-refractivity contribution in [2.24, 2.45) is 0 Å². The first-order valence-electron chi connectivity index (χ1n) is 7.23. The Morgan fingerprint density at radius 3 is 2.68 bits per heavy atom. The molecule has 0 radical (unpaired) electrons. The predicted octanol–water partition coefficient (Wildman–Crippen LogP) is 4.68. The van der Waals surface area contributed by atoms with Crippen molar-refractivity contribution in [1.82, 2.24) is 4.98 Å². The molecule has 2 N–H and O–H groups in total. The number of anilines is 1. The molecule has 1 aromatic heterocycles. The molecule has 3 nitrogen and oxygen atoms in total. The zero-order valence-corrected chi connectivity index (χ0v) is 12.5. The average molecular weight is 296 g/mol. The number of aromatic amines is 1. The van der Waals surface area contributed by atoms with Crippen molar-refractivity contribution < 1.29 is 9.18 Å². The molecule has 0 aliphatic carbocycles. The normalized spacial score (nSPS) is 11.1. The Morgan fingerprint density at radius 2 is 1.91 bits per heavy atom.